The average molecular weight is 311 g/mol. The third-order valence-electron chi connectivity index (χ3n) is 5.13. The van der Waals surface area contributed by atoms with Gasteiger partial charge in [-0.15, -0.1) is 0 Å². The highest BCUT2D eigenvalue weighted by molar-refractivity contribution is 5.58. The SMILES string of the molecule is CC[C@H](C)CN1CCCC[C@@H]1c1ncc(-c2ccc(C)cc2)[nH]1. The summed E-state index contributed by atoms with van der Waals surface area (Å²) in [6.07, 6.45) is 7.09. The molecule has 2 heterocycles. The lowest BCUT2D eigenvalue weighted by Gasteiger charge is -2.36. The summed E-state index contributed by atoms with van der Waals surface area (Å²) in [6, 6.07) is 9.11. The van der Waals surface area contributed by atoms with E-state index in [2.05, 4.69) is 54.9 Å². The molecule has 1 aromatic carbocycles. The Morgan fingerprint density at radius 1 is 1.26 bits per heavy atom. The van der Waals surface area contributed by atoms with Crippen LogP contribution in [0.1, 0.15) is 57.0 Å². The van der Waals surface area contributed by atoms with E-state index in [1.807, 2.05) is 6.20 Å². The van der Waals surface area contributed by atoms with Crippen LogP contribution < -0.4 is 0 Å². The van der Waals surface area contributed by atoms with Gasteiger partial charge in [-0.3, -0.25) is 4.90 Å². The van der Waals surface area contributed by atoms with Crippen molar-refractivity contribution in [2.75, 3.05) is 13.1 Å². The first-order chi connectivity index (χ1) is 11.2. The largest absolute Gasteiger partial charge is 0.341 e. The molecular formula is C20H29N3. The number of aryl methyl sites for hydroxylation is 1. The van der Waals surface area contributed by atoms with Crippen molar-refractivity contribution in [3.63, 3.8) is 0 Å². The lowest BCUT2D eigenvalue weighted by molar-refractivity contribution is 0.122. The highest BCUT2D eigenvalue weighted by Gasteiger charge is 2.27. The lowest BCUT2D eigenvalue weighted by Crippen LogP contribution is -2.37. The van der Waals surface area contributed by atoms with Crippen molar-refractivity contribution in [3.05, 3.63) is 41.9 Å². The molecule has 1 aliphatic heterocycles. The van der Waals surface area contributed by atoms with Gasteiger partial charge in [0.1, 0.15) is 5.82 Å². The Labute approximate surface area is 140 Å². The number of hydrogen-bond donors (Lipinski definition) is 1. The summed E-state index contributed by atoms with van der Waals surface area (Å²) in [5, 5.41) is 0. The number of rotatable bonds is 5. The van der Waals surface area contributed by atoms with Crippen LogP contribution in [0.15, 0.2) is 30.5 Å². The summed E-state index contributed by atoms with van der Waals surface area (Å²) in [5.74, 6) is 1.89. The second kappa shape index (κ2) is 7.31. The molecule has 1 aromatic heterocycles. The van der Waals surface area contributed by atoms with Gasteiger partial charge in [0.25, 0.3) is 0 Å². The Morgan fingerprint density at radius 2 is 2.04 bits per heavy atom. The Bertz CT molecular complexity index is 614. The number of nitrogens with one attached hydrogen (secondary N) is 1. The first-order valence-corrected chi connectivity index (χ1v) is 9.03. The highest BCUT2D eigenvalue weighted by Crippen LogP contribution is 2.31. The van der Waals surface area contributed by atoms with Crippen LogP contribution in [0.5, 0.6) is 0 Å². The van der Waals surface area contributed by atoms with Gasteiger partial charge in [0, 0.05) is 6.54 Å². The molecule has 3 rings (SSSR count). The topological polar surface area (TPSA) is 31.9 Å². The zero-order chi connectivity index (χ0) is 16.2. The summed E-state index contributed by atoms with van der Waals surface area (Å²) in [5.41, 5.74) is 3.65. The van der Waals surface area contributed by atoms with Crippen molar-refractivity contribution in [2.45, 2.75) is 52.5 Å². The molecule has 1 N–H and O–H groups in total. The van der Waals surface area contributed by atoms with E-state index in [1.165, 1.54) is 49.9 Å². The van der Waals surface area contributed by atoms with Crippen LogP contribution in [-0.4, -0.2) is 28.0 Å². The van der Waals surface area contributed by atoms with Crippen LogP contribution >= 0.6 is 0 Å². The van der Waals surface area contributed by atoms with E-state index in [-0.39, 0.29) is 0 Å². The van der Waals surface area contributed by atoms with Crippen LogP contribution in [0.25, 0.3) is 11.3 Å². The summed E-state index contributed by atoms with van der Waals surface area (Å²) in [4.78, 5) is 10.9. The van der Waals surface area contributed by atoms with Gasteiger partial charge in [-0.1, -0.05) is 56.5 Å². The summed E-state index contributed by atoms with van der Waals surface area (Å²) >= 11 is 0. The van der Waals surface area contributed by atoms with Gasteiger partial charge in [0.05, 0.1) is 17.9 Å². The second-order valence-electron chi connectivity index (χ2n) is 7.07. The Balaban J connectivity index is 1.78. The fourth-order valence-electron chi connectivity index (χ4n) is 3.43. The monoisotopic (exact) mass is 311 g/mol. The second-order valence-corrected chi connectivity index (χ2v) is 7.07. The predicted octanol–water partition coefficient (Wildman–Crippen LogP) is 4.96. The smallest absolute Gasteiger partial charge is 0.123 e. The molecule has 1 saturated heterocycles. The van der Waals surface area contributed by atoms with Crippen LogP contribution in [-0.2, 0) is 0 Å². The van der Waals surface area contributed by atoms with Gasteiger partial charge < -0.3 is 4.98 Å². The van der Waals surface area contributed by atoms with Gasteiger partial charge in [0.2, 0.25) is 0 Å². The first-order valence-electron chi connectivity index (χ1n) is 9.03. The number of benzene rings is 1. The van der Waals surface area contributed by atoms with Crippen molar-refractivity contribution in [1.82, 2.24) is 14.9 Å². The summed E-state index contributed by atoms with van der Waals surface area (Å²) in [7, 11) is 0. The highest BCUT2D eigenvalue weighted by atomic mass is 15.2. The van der Waals surface area contributed by atoms with Gasteiger partial charge >= 0.3 is 0 Å². The zero-order valence-corrected chi connectivity index (χ0v) is 14.7. The van der Waals surface area contributed by atoms with Crippen LogP contribution in [0.4, 0.5) is 0 Å². The van der Waals surface area contributed by atoms with E-state index in [9.17, 15) is 0 Å². The van der Waals surface area contributed by atoms with E-state index in [4.69, 9.17) is 4.98 Å². The van der Waals surface area contributed by atoms with E-state index < -0.39 is 0 Å². The number of hydrogen-bond acceptors (Lipinski definition) is 2. The minimum absolute atomic E-state index is 0.456. The van der Waals surface area contributed by atoms with Gasteiger partial charge in [-0.2, -0.15) is 0 Å². The number of likely N-dealkylation sites (tertiary alicyclic amines) is 1. The number of nitrogens with zero attached hydrogens (tertiary/aromatic N) is 2. The minimum atomic E-state index is 0.456. The van der Waals surface area contributed by atoms with E-state index in [1.54, 1.807) is 0 Å². The maximum Gasteiger partial charge on any atom is 0.123 e. The third-order valence-corrected chi connectivity index (χ3v) is 5.13. The van der Waals surface area contributed by atoms with Gasteiger partial charge in [-0.05, 0) is 37.8 Å². The molecule has 1 fully saturated rings. The fraction of sp³-hybridized carbons (Fsp3) is 0.550. The molecular weight excluding hydrogens is 282 g/mol. The van der Waals surface area contributed by atoms with Crippen molar-refractivity contribution in [3.8, 4) is 11.3 Å². The lowest BCUT2D eigenvalue weighted by atomic mass is 9.99. The molecule has 0 amide bonds. The first kappa shape index (κ1) is 16.3. The number of H-pyrrole nitrogens is 1. The fourth-order valence-corrected chi connectivity index (χ4v) is 3.43. The molecule has 23 heavy (non-hydrogen) atoms. The summed E-state index contributed by atoms with van der Waals surface area (Å²) < 4.78 is 0. The van der Waals surface area contributed by atoms with E-state index in [0.717, 1.165) is 17.4 Å². The van der Waals surface area contributed by atoms with Crippen LogP contribution in [0.2, 0.25) is 0 Å². The molecule has 0 saturated carbocycles. The Kier molecular flexibility index (Phi) is 5.16. The zero-order valence-electron chi connectivity index (χ0n) is 14.7. The Morgan fingerprint density at radius 3 is 2.78 bits per heavy atom. The molecule has 3 nitrogen and oxygen atoms in total. The predicted molar refractivity (Wildman–Crippen MR) is 96.4 cm³/mol. The van der Waals surface area contributed by atoms with Crippen molar-refractivity contribution in [2.24, 2.45) is 5.92 Å². The van der Waals surface area contributed by atoms with E-state index >= 15 is 0 Å². The Hall–Kier alpha value is -1.61. The number of imidazole rings is 1. The average Bonchev–Trinajstić information content (AvgIpc) is 3.05. The number of aromatic nitrogens is 2. The minimum Gasteiger partial charge on any atom is -0.341 e. The molecule has 0 bridgehead atoms. The molecule has 2 atom stereocenters. The normalized spacial score (nSPS) is 20.6. The van der Waals surface area contributed by atoms with E-state index in [0.29, 0.717) is 6.04 Å². The van der Waals surface area contributed by atoms with Crippen molar-refractivity contribution >= 4 is 0 Å². The standard InChI is InChI=1S/C20H29N3/c1-4-15(2)14-23-12-6-5-7-19(23)20-21-13-18(22-20)17-10-8-16(3)9-11-17/h8-11,13,15,19H,4-7,12,14H2,1-3H3,(H,21,22)/t15-,19+/m0/s1. The maximum absolute atomic E-state index is 4.72. The van der Waals surface area contributed by atoms with Gasteiger partial charge in [-0.25, -0.2) is 4.98 Å². The van der Waals surface area contributed by atoms with Gasteiger partial charge in [0.15, 0.2) is 0 Å². The van der Waals surface area contributed by atoms with Crippen molar-refractivity contribution < 1.29 is 0 Å². The number of aromatic amines is 1. The molecule has 0 radical (unpaired) electrons. The molecule has 124 valence electrons. The van der Waals surface area contributed by atoms with Crippen LogP contribution in [0, 0.1) is 12.8 Å². The quantitative estimate of drug-likeness (QED) is 0.846. The van der Waals surface area contributed by atoms with Crippen molar-refractivity contribution in [1.29, 1.82) is 0 Å². The molecule has 0 aliphatic carbocycles. The molecule has 1 aliphatic rings. The molecule has 0 unspecified atom stereocenters. The molecule has 2 aromatic rings. The third kappa shape index (κ3) is 3.84. The molecule has 3 heteroatoms. The number of piperidine rings is 1. The molecule has 0 spiro atoms. The van der Waals surface area contributed by atoms with Crippen LogP contribution in [0.3, 0.4) is 0 Å². The maximum atomic E-state index is 4.72. The summed E-state index contributed by atoms with van der Waals surface area (Å²) in [6.45, 7) is 9.14.